The third-order valence-electron chi connectivity index (χ3n) is 4.75. The summed E-state index contributed by atoms with van der Waals surface area (Å²) in [5.41, 5.74) is 4.32. The molecule has 2 heterocycles. The number of aryl methyl sites for hydroxylation is 1. The van der Waals surface area contributed by atoms with Crippen LogP contribution in [-0.2, 0) is 11.2 Å². The Morgan fingerprint density at radius 1 is 1.15 bits per heavy atom. The Bertz CT molecular complexity index is 926. The number of rotatable bonds is 4. The maximum absolute atomic E-state index is 12.6. The molecule has 0 saturated carbocycles. The quantitative estimate of drug-likeness (QED) is 0.773. The highest BCUT2D eigenvalue weighted by Crippen LogP contribution is 2.26. The van der Waals surface area contributed by atoms with Gasteiger partial charge in [0.25, 0.3) is 5.91 Å². The minimum Gasteiger partial charge on any atom is -0.441 e. The number of carbonyl (C=O) groups excluding carboxylic acids is 1. The number of aromatic nitrogens is 1. The maximum atomic E-state index is 12.6. The van der Waals surface area contributed by atoms with E-state index in [9.17, 15) is 4.79 Å². The summed E-state index contributed by atoms with van der Waals surface area (Å²) < 4.78 is 11.0. The molecule has 2 aromatic carbocycles. The molecule has 5 heteroatoms. The minimum atomic E-state index is -0.0328. The molecule has 0 spiro atoms. The predicted octanol–water partition coefficient (Wildman–Crippen LogP) is 3.97. The number of hydrogen-bond donors (Lipinski definition) is 1. The minimum absolute atomic E-state index is 0.0328. The van der Waals surface area contributed by atoms with Crippen LogP contribution >= 0.6 is 0 Å². The van der Waals surface area contributed by atoms with Gasteiger partial charge in [-0.3, -0.25) is 4.79 Å². The van der Waals surface area contributed by atoms with Crippen LogP contribution in [0, 0.1) is 0 Å². The van der Waals surface area contributed by atoms with E-state index < -0.39 is 0 Å². The number of carbonyl (C=O) groups is 1. The van der Waals surface area contributed by atoms with Crippen LogP contribution in [0.5, 0.6) is 0 Å². The van der Waals surface area contributed by atoms with Crippen molar-refractivity contribution in [2.45, 2.75) is 32.2 Å². The number of benzene rings is 2. The van der Waals surface area contributed by atoms with Crippen LogP contribution < -0.4 is 5.32 Å². The summed E-state index contributed by atoms with van der Waals surface area (Å²) in [5.74, 6) is 0.705. The Morgan fingerprint density at radius 2 is 1.96 bits per heavy atom. The molecule has 1 saturated heterocycles. The summed E-state index contributed by atoms with van der Waals surface area (Å²) in [4.78, 5) is 17.1. The van der Waals surface area contributed by atoms with Gasteiger partial charge in [0.2, 0.25) is 0 Å². The monoisotopic (exact) mass is 350 g/mol. The molecule has 1 N–H and O–H groups in total. The largest absolute Gasteiger partial charge is 0.441 e. The lowest BCUT2D eigenvalue weighted by Crippen LogP contribution is -2.38. The maximum Gasteiger partial charge on any atom is 0.251 e. The smallest absolute Gasteiger partial charge is 0.251 e. The van der Waals surface area contributed by atoms with Crippen molar-refractivity contribution >= 4 is 17.0 Å². The van der Waals surface area contributed by atoms with Gasteiger partial charge in [0.15, 0.2) is 11.5 Å². The van der Waals surface area contributed by atoms with Crippen molar-refractivity contribution in [2.24, 2.45) is 0 Å². The number of nitrogens with zero attached hydrogens (tertiary/aromatic N) is 1. The summed E-state index contributed by atoms with van der Waals surface area (Å²) in [6, 6.07) is 13.8. The first kappa shape index (κ1) is 16.8. The van der Waals surface area contributed by atoms with Gasteiger partial charge in [-0.05, 0) is 48.2 Å². The van der Waals surface area contributed by atoms with Gasteiger partial charge in [-0.1, -0.05) is 25.1 Å². The summed E-state index contributed by atoms with van der Waals surface area (Å²) in [7, 11) is 0. The molecule has 0 radical (unpaired) electrons. The fraction of sp³-hybridized carbons (Fsp3) is 0.333. The second-order valence-electron chi connectivity index (χ2n) is 6.58. The van der Waals surface area contributed by atoms with Crippen molar-refractivity contribution in [3.05, 3.63) is 53.9 Å². The average Bonchev–Trinajstić information content (AvgIpc) is 3.11. The zero-order valence-electron chi connectivity index (χ0n) is 14.8. The second-order valence-corrected chi connectivity index (χ2v) is 6.58. The van der Waals surface area contributed by atoms with E-state index >= 15 is 0 Å². The van der Waals surface area contributed by atoms with E-state index in [1.807, 2.05) is 49.4 Å². The average molecular weight is 350 g/mol. The van der Waals surface area contributed by atoms with Crippen molar-refractivity contribution in [1.29, 1.82) is 0 Å². The van der Waals surface area contributed by atoms with Crippen molar-refractivity contribution in [2.75, 3.05) is 13.2 Å². The van der Waals surface area contributed by atoms with Gasteiger partial charge < -0.3 is 14.5 Å². The standard InChI is InChI=1S/C21H22N2O3/c1-2-20-23-18-13-15(6-7-19(18)26-20)14-4-3-5-16(12-14)21(24)22-17-8-10-25-11-9-17/h3-7,12-13,17H,2,8-11H2,1H3,(H,22,24). The Balaban J connectivity index is 1.57. The fourth-order valence-corrected chi connectivity index (χ4v) is 3.26. The molecule has 1 aromatic heterocycles. The molecule has 3 aromatic rings. The molecule has 0 unspecified atom stereocenters. The van der Waals surface area contributed by atoms with Crippen molar-refractivity contribution in [1.82, 2.24) is 10.3 Å². The van der Waals surface area contributed by atoms with Crippen LogP contribution in [0.15, 0.2) is 46.9 Å². The Hall–Kier alpha value is -2.66. The molecule has 1 aliphatic heterocycles. The van der Waals surface area contributed by atoms with Gasteiger partial charge in [-0.15, -0.1) is 0 Å². The molecule has 1 fully saturated rings. The van der Waals surface area contributed by atoms with Gasteiger partial charge in [0.05, 0.1) is 0 Å². The lowest BCUT2D eigenvalue weighted by atomic mass is 10.0. The zero-order chi connectivity index (χ0) is 17.9. The lowest BCUT2D eigenvalue weighted by molar-refractivity contribution is 0.0696. The van der Waals surface area contributed by atoms with E-state index in [0.717, 1.165) is 47.4 Å². The van der Waals surface area contributed by atoms with Gasteiger partial charge in [-0.2, -0.15) is 0 Å². The van der Waals surface area contributed by atoms with Crippen LogP contribution in [0.1, 0.15) is 36.0 Å². The Morgan fingerprint density at radius 3 is 2.77 bits per heavy atom. The lowest BCUT2D eigenvalue weighted by Gasteiger charge is -2.23. The van der Waals surface area contributed by atoms with E-state index in [1.165, 1.54) is 0 Å². The highest BCUT2D eigenvalue weighted by atomic mass is 16.5. The summed E-state index contributed by atoms with van der Waals surface area (Å²) >= 11 is 0. The SMILES string of the molecule is CCc1nc2cc(-c3cccc(C(=O)NC4CCOCC4)c3)ccc2o1. The Kier molecular flexibility index (Phi) is 4.71. The molecule has 1 aliphatic rings. The van der Waals surface area contributed by atoms with Gasteiger partial charge in [0.1, 0.15) is 5.52 Å². The molecule has 26 heavy (non-hydrogen) atoms. The third kappa shape index (κ3) is 3.48. The molecule has 0 aliphatic carbocycles. The first-order valence-electron chi connectivity index (χ1n) is 9.11. The number of nitrogens with one attached hydrogen (secondary N) is 1. The van der Waals surface area contributed by atoms with Crippen LogP contribution in [0.2, 0.25) is 0 Å². The zero-order valence-corrected chi connectivity index (χ0v) is 14.8. The van der Waals surface area contributed by atoms with E-state index in [2.05, 4.69) is 10.3 Å². The highest BCUT2D eigenvalue weighted by Gasteiger charge is 2.17. The summed E-state index contributed by atoms with van der Waals surface area (Å²) in [5, 5.41) is 3.11. The molecular weight excluding hydrogens is 328 g/mol. The number of amides is 1. The number of hydrogen-bond acceptors (Lipinski definition) is 4. The van der Waals surface area contributed by atoms with Crippen molar-refractivity contribution in [3.63, 3.8) is 0 Å². The highest BCUT2D eigenvalue weighted by molar-refractivity contribution is 5.96. The van der Waals surface area contributed by atoms with Crippen LogP contribution in [0.3, 0.4) is 0 Å². The first-order valence-corrected chi connectivity index (χ1v) is 9.11. The first-order chi connectivity index (χ1) is 12.7. The van der Waals surface area contributed by atoms with Crippen molar-refractivity contribution in [3.8, 4) is 11.1 Å². The summed E-state index contributed by atoms with van der Waals surface area (Å²) in [6.07, 6.45) is 2.51. The van der Waals surface area contributed by atoms with Crippen molar-refractivity contribution < 1.29 is 13.9 Å². The summed E-state index contributed by atoms with van der Waals surface area (Å²) in [6.45, 7) is 3.44. The topological polar surface area (TPSA) is 64.4 Å². The second kappa shape index (κ2) is 7.30. The van der Waals surface area contributed by atoms with Gasteiger partial charge in [-0.25, -0.2) is 4.98 Å². The van der Waals surface area contributed by atoms with E-state index in [0.29, 0.717) is 18.8 Å². The molecule has 0 bridgehead atoms. The molecule has 5 nitrogen and oxygen atoms in total. The molecule has 4 rings (SSSR count). The number of oxazole rings is 1. The molecule has 134 valence electrons. The van der Waals surface area contributed by atoms with Crippen LogP contribution in [0.4, 0.5) is 0 Å². The fourth-order valence-electron chi connectivity index (χ4n) is 3.26. The van der Waals surface area contributed by atoms with Crippen LogP contribution in [-0.4, -0.2) is 30.1 Å². The Labute approximate surface area is 152 Å². The van der Waals surface area contributed by atoms with E-state index in [1.54, 1.807) is 0 Å². The van der Waals surface area contributed by atoms with Crippen LogP contribution in [0.25, 0.3) is 22.2 Å². The van der Waals surface area contributed by atoms with E-state index in [-0.39, 0.29) is 11.9 Å². The predicted molar refractivity (Wildman–Crippen MR) is 100 cm³/mol. The normalized spacial score (nSPS) is 15.3. The molecule has 1 amide bonds. The van der Waals surface area contributed by atoms with E-state index in [4.69, 9.17) is 9.15 Å². The number of ether oxygens (including phenoxy) is 1. The third-order valence-corrected chi connectivity index (χ3v) is 4.75. The van der Waals surface area contributed by atoms with Gasteiger partial charge in [0, 0.05) is 31.2 Å². The molecule has 0 atom stereocenters. The number of fused-ring (bicyclic) bond motifs is 1. The molecular formula is C21H22N2O3. The van der Waals surface area contributed by atoms with Gasteiger partial charge >= 0.3 is 0 Å².